The zero-order valence-electron chi connectivity index (χ0n) is 12.7. The Kier molecular flexibility index (Phi) is 5.12. The Balaban J connectivity index is 2.24. The lowest BCUT2D eigenvalue weighted by molar-refractivity contribution is 0.354. The maximum atomic E-state index is 5.36. The van der Waals surface area contributed by atoms with Crippen LogP contribution in [-0.4, -0.2) is 14.2 Å². The van der Waals surface area contributed by atoms with Crippen molar-refractivity contribution < 1.29 is 9.47 Å². The molecule has 112 valence electrons. The van der Waals surface area contributed by atoms with Crippen LogP contribution in [0.5, 0.6) is 11.5 Å². The lowest BCUT2D eigenvalue weighted by atomic mass is 10.1. The second-order valence-corrected chi connectivity index (χ2v) is 5.75. The van der Waals surface area contributed by atoms with Gasteiger partial charge in [-0.25, -0.2) is 0 Å². The minimum Gasteiger partial charge on any atom is -0.493 e. The third-order valence-corrected chi connectivity index (χ3v) is 4.41. The number of anilines is 1. The minimum atomic E-state index is 0.165. The summed E-state index contributed by atoms with van der Waals surface area (Å²) in [5, 5.41) is 3.53. The van der Waals surface area contributed by atoms with E-state index < -0.39 is 0 Å². The van der Waals surface area contributed by atoms with E-state index in [9.17, 15) is 0 Å². The first-order valence-electron chi connectivity index (χ1n) is 6.80. The van der Waals surface area contributed by atoms with Crippen molar-refractivity contribution in [2.24, 2.45) is 0 Å². The fraction of sp³-hybridized carbons (Fsp3) is 0.294. The number of hydrogen-bond donors (Lipinski definition) is 1. The minimum absolute atomic E-state index is 0.165. The molecule has 3 nitrogen and oxygen atoms in total. The summed E-state index contributed by atoms with van der Waals surface area (Å²) >= 11 is 3.56. The van der Waals surface area contributed by atoms with Crippen LogP contribution in [0, 0.1) is 6.92 Å². The second kappa shape index (κ2) is 6.85. The molecular formula is C17H20BrNO2. The highest BCUT2D eigenvalue weighted by molar-refractivity contribution is 9.10. The van der Waals surface area contributed by atoms with E-state index in [1.54, 1.807) is 14.2 Å². The summed E-state index contributed by atoms with van der Waals surface area (Å²) < 4.78 is 11.7. The van der Waals surface area contributed by atoms with Gasteiger partial charge in [0.15, 0.2) is 11.5 Å². The van der Waals surface area contributed by atoms with E-state index in [1.807, 2.05) is 30.3 Å². The molecule has 1 atom stereocenters. The van der Waals surface area contributed by atoms with Crippen LogP contribution in [0.3, 0.4) is 0 Å². The van der Waals surface area contributed by atoms with Crippen molar-refractivity contribution >= 4 is 21.6 Å². The number of halogens is 1. The first-order chi connectivity index (χ1) is 10.1. The van der Waals surface area contributed by atoms with E-state index in [2.05, 4.69) is 41.2 Å². The largest absolute Gasteiger partial charge is 0.493 e. The fourth-order valence-corrected chi connectivity index (χ4v) is 2.57. The number of rotatable bonds is 5. The summed E-state index contributed by atoms with van der Waals surface area (Å²) in [7, 11) is 3.29. The smallest absolute Gasteiger partial charge is 0.161 e. The molecule has 2 aromatic rings. The molecule has 2 rings (SSSR count). The van der Waals surface area contributed by atoms with Gasteiger partial charge in [0, 0.05) is 16.2 Å². The van der Waals surface area contributed by atoms with Gasteiger partial charge in [0.25, 0.3) is 0 Å². The maximum absolute atomic E-state index is 5.36. The topological polar surface area (TPSA) is 30.5 Å². The van der Waals surface area contributed by atoms with Gasteiger partial charge in [-0.15, -0.1) is 0 Å². The summed E-state index contributed by atoms with van der Waals surface area (Å²) in [4.78, 5) is 0. The number of methoxy groups -OCH3 is 2. The summed E-state index contributed by atoms with van der Waals surface area (Å²) in [5.74, 6) is 1.49. The van der Waals surface area contributed by atoms with Crippen molar-refractivity contribution in [3.8, 4) is 11.5 Å². The zero-order chi connectivity index (χ0) is 15.4. The number of benzene rings is 2. The van der Waals surface area contributed by atoms with Gasteiger partial charge in [0.2, 0.25) is 0 Å². The summed E-state index contributed by atoms with van der Waals surface area (Å²) in [5.41, 5.74) is 3.46. The van der Waals surface area contributed by atoms with Gasteiger partial charge in [0.1, 0.15) is 0 Å². The Hall–Kier alpha value is -1.68. The molecular weight excluding hydrogens is 330 g/mol. The van der Waals surface area contributed by atoms with Gasteiger partial charge in [-0.2, -0.15) is 0 Å². The quantitative estimate of drug-likeness (QED) is 0.828. The zero-order valence-corrected chi connectivity index (χ0v) is 14.3. The van der Waals surface area contributed by atoms with Gasteiger partial charge < -0.3 is 14.8 Å². The van der Waals surface area contributed by atoms with Crippen molar-refractivity contribution in [3.63, 3.8) is 0 Å². The van der Waals surface area contributed by atoms with Gasteiger partial charge in [0.05, 0.1) is 14.2 Å². The molecule has 0 fully saturated rings. The normalized spacial score (nSPS) is 11.9. The molecule has 2 aromatic carbocycles. The lowest BCUT2D eigenvalue weighted by Crippen LogP contribution is -2.08. The number of nitrogens with one attached hydrogen (secondary N) is 1. The number of ether oxygens (including phenoxy) is 2. The van der Waals surface area contributed by atoms with Crippen molar-refractivity contribution in [3.05, 3.63) is 52.0 Å². The van der Waals surface area contributed by atoms with E-state index in [1.165, 1.54) is 5.56 Å². The van der Waals surface area contributed by atoms with Crippen LogP contribution in [0.2, 0.25) is 0 Å². The molecule has 0 aliphatic rings. The maximum Gasteiger partial charge on any atom is 0.161 e. The molecule has 0 heterocycles. The third kappa shape index (κ3) is 3.50. The monoisotopic (exact) mass is 349 g/mol. The van der Waals surface area contributed by atoms with Gasteiger partial charge >= 0.3 is 0 Å². The van der Waals surface area contributed by atoms with Crippen LogP contribution in [0.15, 0.2) is 40.9 Å². The Morgan fingerprint density at radius 3 is 2.43 bits per heavy atom. The first kappa shape index (κ1) is 15.7. The molecule has 0 amide bonds. The van der Waals surface area contributed by atoms with Gasteiger partial charge in [-0.3, -0.25) is 0 Å². The van der Waals surface area contributed by atoms with Crippen molar-refractivity contribution in [2.75, 3.05) is 19.5 Å². The van der Waals surface area contributed by atoms with Crippen molar-refractivity contribution in [2.45, 2.75) is 19.9 Å². The Labute approximate surface area is 134 Å². The summed E-state index contributed by atoms with van der Waals surface area (Å²) in [6.07, 6.45) is 0. The summed E-state index contributed by atoms with van der Waals surface area (Å²) in [6, 6.07) is 12.3. The van der Waals surface area contributed by atoms with Crippen LogP contribution in [-0.2, 0) is 0 Å². The Morgan fingerprint density at radius 2 is 1.76 bits per heavy atom. The molecule has 4 heteroatoms. The molecule has 0 aliphatic carbocycles. The molecule has 0 saturated carbocycles. The van der Waals surface area contributed by atoms with Gasteiger partial charge in [-0.05, 0) is 49.2 Å². The van der Waals surface area contributed by atoms with Crippen molar-refractivity contribution in [1.82, 2.24) is 0 Å². The fourth-order valence-electron chi connectivity index (χ4n) is 2.20. The van der Waals surface area contributed by atoms with Crippen LogP contribution < -0.4 is 14.8 Å². The van der Waals surface area contributed by atoms with E-state index in [4.69, 9.17) is 9.47 Å². The van der Waals surface area contributed by atoms with Crippen LogP contribution in [0.1, 0.15) is 24.1 Å². The second-order valence-electron chi connectivity index (χ2n) is 4.89. The molecule has 0 radical (unpaired) electrons. The molecule has 0 aliphatic heterocycles. The highest BCUT2D eigenvalue weighted by Crippen LogP contribution is 2.32. The predicted octanol–water partition coefficient (Wildman–Crippen LogP) is 4.95. The summed E-state index contributed by atoms with van der Waals surface area (Å²) in [6.45, 7) is 4.22. The van der Waals surface area contributed by atoms with E-state index >= 15 is 0 Å². The highest BCUT2D eigenvalue weighted by Gasteiger charge is 2.11. The van der Waals surface area contributed by atoms with Crippen LogP contribution in [0.4, 0.5) is 5.69 Å². The Bertz CT molecular complexity index is 628. The van der Waals surface area contributed by atoms with Gasteiger partial charge in [-0.1, -0.05) is 28.1 Å². The highest BCUT2D eigenvalue weighted by atomic mass is 79.9. The van der Waals surface area contributed by atoms with E-state index in [0.717, 1.165) is 27.2 Å². The lowest BCUT2D eigenvalue weighted by Gasteiger charge is -2.19. The standard InChI is InChI=1S/C17H20BrNO2/c1-11-14(18)6-5-7-15(11)19-12(2)13-8-9-16(20-3)17(10-13)21-4/h5-10,12,19H,1-4H3. The molecule has 0 aromatic heterocycles. The molecule has 21 heavy (non-hydrogen) atoms. The third-order valence-electron chi connectivity index (χ3n) is 3.55. The molecule has 1 unspecified atom stereocenters. The number of hydrogen-bond acceptors (Lipinski definition) is 3. The average molecular weight is 350 g/mol. The molecule has 0 saturated heterocycles. The Morgan fingerprint density at radius 1 is 1.05 bits per heavy atom. The van der Waals surface area contributed by atoms with Crippen LogP contribution in [0.25, 0.3) is 0 Å². The SMILES string of the molecule is COc1ccc(C(C)Nc2cccc(Br)c2C)cc1OC. The van der Waals surface area contributed by atoms with Crippen LogP contribution >= 0.6 is 15.9 Å². The van der Waals surface area contributed by atoms with Crippen molar-refractivity contribution in [1.29, 1.82) is 0 Å². The molecule has 1 N–H and O–H groups in total. The van der Waals surface area contributed by atoms with E-state index in [-0.39, 0.29) is 6.04 Å². The average Bonchev–Trinajstić information content (AvgIpc) is 2.51. The molecule has 0 spiro atoms. The molecule has 0 bridgehead atoms. The first-order valence-corrected chi connectivity index (χ1v) is 7.59. The van der Waals surface area contributed by atoms with E-state index in [0.29, 0.717) is 0 Å². The predicted molar refractivity (Wildman–Crippen MR) is 90.5 cm³/mol.